The third-order valence-electron chi connectivity index (χ3n) is 3.55. The van der Waals surface area contributed by atoms with Crippen molar-refractivity contribution in [1.29, 1.82) is 0 Å². The van der Waals surface area contributed by atoms with Crippen molar-refractivity contribution in [2.24, 2.45) is 0 Å². The molecule has 1 aromatic heterocycles. The van der Waals surface area contributed by atoms with Gasteiger partial charge in [-0.2, -0.15) is 0 Å². The summed E-state index contributed by atoms with van der Waals surface area (Å²) in [5.74, 6) is 2.15. The molecular weight excluding hydrogens is 216 g/mol. The van der Waals surface area contributed by atoms with Crippen LogP contribution in [0.1, 0.15) is 32.0 Å². The second-order valence-electron chi connectivity index (χ2n) is 4.81. The summed E-state index contributed by atoms with van der Waals surface area (Å²) in [4.78, 5) is 8.61. The molecule has 3 heterocycles. The predicted molar refractivity (Wildman–Crippen MR) is 65.7 cm³/mol. The number of aromatic nitrogens is 2. The maximum Gasteiger partial charge on any atom is 0.132 e. The van der Waals surface area contributed by atoms with Crippen LogP contribution >= 0.6 is 0 Å². The number of nitrogens with zero attached hydrogens (tertiary/aromatic N) is 2. The van der Waals surface area contributed by atoms with Gasteiger partial charge in [0.2, 0.25) is 0 Å². The number of nitrogen functional groups attached to an aromatic ring is 1. The summed E-state index contributed by atoms with van der Waals surface area (Å²) in [6.45, 7) is 2.03. The molecular formula is C12H18N4O. The van der Waals surface area contributed by atoms with Gasteiger partial charge < -0.3 is 15.8 Å². The number of anilines is 2. The molecule has 5 heteroatoms. The lowest BCUT2D eigenvalue weighted by Crippen LogP contribution is -2.31. The van der Waals surface area contributed by atoms with Gasteiger partial charge in [-0.15, -0.1) is 0 Å². The number of nitrogens with one attached hydrogen (secondary N) is 1. The zero-order valence-electron chi connectivity index (χ0n) is 10.0. The van der Waals surface area contributed by atoms with Gasteiger partial charge in [0, 0.05) is 12.5 Å². The standard InChI is InChI=1S/C12H18N4O/c1-2-11-15-10(13)6-12(16-11)14-8-5-7-3-4-9(8)17-7/h6-9H,2-5H2,1H3,(H3,13,14,15,16). The van der Waals surface area contributed by atoms with Gasteiger partial charge in [0.05, 0.1) is 18.2 Å². The summed E-state index contributed by atoms with van der Waals surface area (Å²) in [5.41, 5.74) is 5.76. The first-order valence-electron chi connectivity index (χ1n) is 6.30. The molecule has 3 atom stereocenters. The number of hydrogen-bond acceptors (Lipinski definition) is 5. The smallest absolute Gasteiger partial charge is 0.132 e. The fourth-order valence-electron chi connectivity index (χ4n) is 2.73. The van der Waals surface area contributed by atoms with E-state index in [0.717, 1.165) is 30.9 Å². The molecule has 2 saturated heterocycles. The number of rotatable bonds is 3. The first-order valence-corrected chi connectivity index (χ1v) is 6.30. The third-order valence-corrected chi connectivity index (χ3v) is 3.55. The number of nitrogens with two attached hydrogens (primary N) is 1. The predicted octanol–water partition coefficient (Wildman–Crippen LogP) is 1.35. The van der Waals surface area contributed by atoms with E-state index in [-0.39, 0.29) is 0 Å². The van der Waals surface area contributed by atoms with Crippen molar-refractivity contribution in [2.45, 2.75) is 50.9 Å². The molecule has 17 heavy (non-hydrogen) atoms. The van der Waals surface area contributed by atoms with E-state index in [4.69, 9.17) is 10.5 Å². The molecule has 92 valence electrons. The molecule has 3 N–H and O–H groups in total. The highest BCUT2D eigenvalue weighted by Gasteiger charge is 2.40. The van der Waals surface area contributed by atoms with E-state index in [9.17, 15) is 0 Å². The average Bonchev–Trinajstić information content (AvgIpc) is 2.90. The van der Waals surface area contributed by atoms with Crippen LogP contribution in [0.25, 0.3) is 0 Å². The second-order valence-corrected chi connectivity index (χ2v) is 4.81. The van der Waals surface area contributed by atoms with Gasteiger partial charge in [-0.25, -0.2) is 9.97 Å². The quantitative estimate of drug-likeness (QED) is 0.826. The van der Waals surface area contributed by atoms with Crippen molar-refractivity contribution in [3.8, 4) is 0 Å². The Balaban J connectivity index is 1.74. The molecule has 3 rings (SSSR count). The summed E-state index contributed by atoms with van der Waals surface area (Å²) in [6.07, 6.45) is 5.03. The lowest BCUT2D eigenvalue weighted by atomic mass is 9.95. The first-order chi connectivity index (χ1) is 8.24. The molecule has 5 nitrogen and oxygen atoms in total. The number of hydrogen-bond donors (Lipinski definition) is 2. The van der Waals surface area contributed by atoms with Crippen LogP contribution in [0.4, 0.5) is 11.6 Å². The fourth-order valence-corrected chi connectivity index (χ4v) is 2.73. The first kappa shape index (κ1) is 10.8. The SMILES string of the molecule is CCc1nc(N)cc(NC2CC3CCC2O3)n1. The van der Waals surface area contributed by atoms with Crippen LogP contribution in [0.15, 0.2) is 6.07 Å². The van der Waals surface area contributed by atoms with Gasteiger partial charge in [0.15, 0.2) is 0 Å². The summed E-state index contributed by atoms with van der Waals surface area (Å²) in [7, 11) is 0. The van der Waals surface area contributed by atoms with E-state index in [0.29, 0.717) is 24.1 Å². The van der Waals surface area contributed by atoms with E-state index in [2.05, 4.69) is 15.3 Å². The molecule has 0 saturated carbocycles. The Kier molecular flexibility index (Phi) is 2.63. The Morgan fingerprint density at radius 3 is 3.00 bits per heavy atom. The Hall–Kier alpha value is -1.36. The number of fused-ring (bicyclic) bond motifs is 2. The van der Waals surface area contributed by atoms with Crippen molar-refractivity contribution >= 4 is 11.6 Å². The number of ether oxygens (including phenoxy) is 1. The normalized spacial score (nSPS) is 30.8. The molecule has 2 fully saturated rings. The van der Waals surface area contributed by atoms with E-state index >= 15 is 0 Å². The van der Waals surface area contributed by atoms with Crippen molar-refractivity contribution in [1.82, 2.24) is 9.97 Å². The zero-order valence-corrected chi connectivity index (χ0v) is 10.0. The van der Waals surface area contributed by atoms with Gasteiger partial charge in [-0.3, -0.25) is 0 Å². The minimum absolute atomic E-state index is 0.348. The van der Waals surface area contributed by atoms with Crippen LogP contribution in [0.2, 0.25) is 0 Å². The van der Waals surface area contributed by atoms with Crippen molar-refractivity contribution in [3.05, 3.63) is 11.9 Å². The Morgan fingerprint density at radius 1 is 1.47 bits per heavy atom. The Bertz CT molecular complexity index is 423. The van der Waals surface area contributed by atoms with E-state index < -0.39 is 0 Å². The molecule has 0 radical (unpaired) electrons. The summed E-state index contributed by atoms with van der Waals surface area (Å²) in [5, 5.41) is 3.43. The molecule has 0 aromatic carbocycles. The summed E-state index contributed by atoms with van der Waals surface area (Å²) >= 11 is 0. The van der Waals surface area contributed by atoms with Crippen LogP contribution in [0.5, 0.6) is 0 Å². The Labute approximate surface area is 101 Å². The molecule has 3 unspecified atom stereocenters. The monoisotopic (exact) mass is 234 g/mol. The molecule has 2 bridgehead atoms. The fraction of sp³-hybridized carbons (Fsp3) is 0.667. The van der Waals surface area contributed by atoms with Gasteiger partial charge in [0.25, 0.3) is 0 Å². The van der Waals surface area contributed by atoms with Crippen molar-refractivity contribution < 1.29 is 4.74 Å². The minimum Gasteiger partial charge on any atom is -0.384 e. The zero-order chi connectivity index (χ0) is 11.8. The van der Waals surface area contributed by atoms with Gasteiger partial charge in [0.1, 0.15) is 17.5 Å². The van der Waals surface area contributed by atoms with E-state index in [1.54, 1.807) is 6.07 Å². The van der Waals surface area contributed by atoms with Crippen molar-refractivity contribution in [2.75, 3.05) is 11.1 Å². The highest BCUT2D eigenvalue weighted by atomic mass is 16.5. The summed E-state index contributed by atoms with van der Waals surface area (Å²) < 4.78 is 5.81. The van der Waals surface area contributed by atoms with E-state index in [1.165, 1.54) is 6.42 Å². The van der Waals surface area contributed by atoms with Crippen LogP contribution in [-0.4, -0.2) is 28.2 Å². The molecule has 2 aliphatic rings. The maximum absolute atomic E-state index is 5.81. The third kappa shape index (κ3) is 2.07. The number of aryl methyl sites for hydroxylation is 1. The topological polar surface area (TPSA) is 73.1 Å². The van der Waals surface area contributed by atoms with Crippen molar-refractivity contribution in [3.63, 3.8) is 0 Å². The Morgan fingerprint density at radius 2 is 2.35 bits per heavy atom. The largest absolute Gasteiger partial charge is 0.384 e. The van der Waals surface area contributed by atoms with Crippen LogP contribution < -0.4 is 11.1 Å². The molecule has 0 spiro atoms. The summed E-state index contributed by atoms with van der Waals surface area (Å²) in [6, 6.07) is 2.18. The highest BCUT2D eigenvalue weighted by molar-refractivity contribution is 5.45. The average molecular weight is 234 g/mol. The van der Waals surface area contributed by atoms with Gasteiger partial charge >= 0.3 is 0 Å². The molecule has 2 aliphatic heterocycles. The second kappa shape index (κ2) is 4.14. The molecule has 0 aliphatic carbocycles. The highest BCUT2D eigenvalue weighted by Crippen LogP contribution is 2.35. The minimum atomic E-state index is 0.348. The molecule has 1 aromatic rings. The van der Waals surface area contributed by atoms with Gasteiger partial charge in [-0.05, 0) is 19.3 Å². The van der Waals surface area contributed by atoms with Crippen LogP contribution in [-0.2, 0) is 11.2 Å². The maximum atomic E-state index is 5.81. The van der Waals surface area contributed by atoms with E-state index in [1.807, 2.05) is 6.92 Å². The lowest BCUT2D eigenvalue weighted by molar-refractivity contribution is 0.102. The van der Waals surface area contributed by atoms with Crippen LogP contribution in [0.3, 0.4) is 0 Å². The lowest BCUT2D eigenvalue weighted by Gasteiger charge is -2.20. The van der Waals surface area contributed by atoms with Crippen LogP contribution in [0, 0.1) is 0 Å². The molecule has 0 amide bonds. The van der Waals surface area contributed by atoms with Gasteiger partial charge in [-0.1, -0.05) is 6.92 Å².